The average molecular weight is 500 g/mol. The Hall–Kier alpha value is -3.27. The topological polar surface area (TPSA) is 89.9 Å². The number of aromatic nitrogens is 2. The van der Waals surface area contributed by atoms with Crippen LogP contribution in [-0.4, -0.2) is 73.7 Å². The minimum atomic E-state index is -0.184. The number of nitrogens with zero attached hydrogens (tertiary/aromatic N) is 3. The number of methoxy groups -OCH3 is 1. The Labute approximate surface area is 209 Å². The highest BCUT2D eigenvalue weighted by molar-refractivity contribution is 6.33. The van der Waals surface area contributed by atoms with E-state index in [2.05, 4.69) is 20.6 Å². The van der Waals surface area contributed by atoms with Gasteiger partial charge in [0.05, 0.1) is 43.8 Å². The van der Waals surface area contributed by atoms with Crippen LogP contribution in [0.1, 0.15) is 0 Å². The van der Waals surface area contributed by atoms with Gasteiger partial charge in [-0.2, -0.15) is 5.10 Å². The van der Waals surface area contributed by atoms with Gasteiger partial charge in [0.2, 0.25) is 5.91 Å². The Kier molecular flexibility index (Phi) is 8.46. The Bertz CT molecular complexity index is 1130. The number of carbonyl (C=O) groups excluding carboxylic acids is 1. The van der Waals surface area contributed by atoms with Crippen LogP contribution in [0.5, 0.6) is 11.5 Å². The lowest BCUT2D eigenvalue weighted by atomic mass is 10.1. The second-order valence-electron chi connectivity index (χ2n) is 8.11. The normalized spacial score (nSPS) is 13.9. The highest BCUT2D eigenvalue weighted by Crippen LogP contribution is 2.36. The molecule has 0 bridgehead atoms. The second kappa shape index (κ2) is 11.9. The van der Waals surface area contributed by atoms with E-state index in [4.69, 9.17) is 25.8 Å². The number of rotatable bonds is 10. The largest absolute Gasteiger partial charge is 0.497 e. The minimum absolute atomic E-state index is 0.104. The molecule has 0 aliphatic carbocycles. The summed E-state index contributed by atoms with van der Waals surface area (Å²) in [5, 5.41) is 10.8. The number of benzene rings is 2. The Morgan fingerprint density at radius 3 is 2.74 bits per heavy atom. The van der Waals surface area contributed by atoms with Crippen molar-refractivity contribution >= 4 is 28.9 Å². The zero-order valence-corrected chi connectivity index (χ0v) is 20.7. The van der Waals surface area contributed by atoms with Crippen LogP contribution in [0.2, 0.25) is 5.02 Å². The molecule has 1 aliphatic rings. The van der Waals surface area contributed by atoms with E-state index in [0.29, 0.717) is 23.1 Å². The smallest absolute Gasteiger partial charge is 0.243 e. The number of anilines is 2. The molecule has 186 valence electrons. The summed E-state index contributed by atoms with van der Waals surface area (Å²) in [5.74, 6) is 1.21. The first-order valence-corrected chi connectivity index (χ1v) is 11.8. The summed E-state index contributed by atoms with van der Waals surface area (Å²) in [5.41, 5.74) is 2.91. The van der Waals surface area contributed by atoms with Crippen molar-refractivity contribution in [3.05, 3.63) is 53.7 Å². The summed E-state index contributed by atoms with van der Waals surface area (Å²) in [6.07, 6.45) is 1.59. The van der Waals surface area contributed by atoms with E-state index in [-0.39, 0.29) is 12.5 Å². The van der Waals surface area contributed by atoms with Crippen molar-refractivity contribution < 1.29 is 19.0 Å². The molecule has 0 unspecified atom stereocenters. The molecule has 0 radical (unpaired) electrons. The molecule has 9 nitrogen and oxygen atoms in total. The van der Waals surface area contributed by atoms with Gasteiger partial charge >= 0.3 is 0 Å². The summed E-state index contributed by atoms with van der Waals surface area (Å²) >= 11 is 6.44. The van der Waals surface area contributed by atoms with Crippen LogP contribution in [0.3, 0.4) is 0 Å². The predicted molar refractivity (Wildman–Crippen MR) is 137 cm³/mol. The van der Waals surface area contributed by atoms with Crippen LogP contribution in [0.25, 0.3) is 11.3 Å². The summed E-state index contributed by atoms with van der Waals surface area (Å²) in [4.78, 5) is 14.9. The molecule has 2 heterocycles. The number of nitrogens with one attached hydrogen (secondary N) is 2. The van der Waals surface area contributed by atoms with Gasteiger partial charge in [0, 0.05) is 49.7 Å². The molecule has 1 aliphatic heterocycles. The van der Waals surface area contributed by atoms with E-state index < -0.39 is 0 Å². The molecular weight excluding hydrogens is 470 g/mol. The lowest BCUT2D eigenvalue weighted by Gasteiger charge is -2.26. The number of ether oxygens (including phenoxy) is 3. The highest BCUT2D eigenvalue weighted by atomic mass is 35.5. The summed E-state index contributed by atoms with van der Waals surface area (Å²) in [6.45, 7) is 4.73. The van der Waals surface area contributed by atoms with Crippen molar-refractivity contribution in [2.75, 3.05) is 63.7 Å². The SMILES string of the molecule is COc1cccc(NCC(=O)Nc2ccc(OCCN3CCOCC3)c(-c3c(Cl)cnn3C)c2)c1. The number of amides is 1. The number of hydrogen-bond acceptors (Lipinski definition) is 7. The van der Waals surface area contributed by atoms with Crippen LogP contribution in [0, 0.1) is 0 Å². The zero-order valence-electron chi connectivity index (χ0n) is 19.9. The lowest BCUT2D eigenvalue weighted by molar-refractivity contribution is -0.114. The summed E-state index contributed by atoms with van der Waals surface area (Å²) in [6, 6.07) is 12.9. The quantitative estimate of drug-likeness (QED) is 0.441. The fraction of sp³-hybridized carbons (Fsp3) is 0.360. The standard InChI is InChI=1S/C25H30ClN5O4/c1-30-25(22(26)16-28-30)21-15-19(6-7-23(21)35-13-10-31-8-11-34-12-9-31)29-24(32)17-27-18-4-3-5-20(14-18)33-2/h3-7,14-16,27H,8-13,17H2,1-2H3,(H,29,32). The van der Waals surface area contributed by atoms with Gasteiger partial charge in [-0.15, -0.1) is 0 Å². The van der Waals surface area contributed by atoms with Gasteiger partial charge in [-0.25, -0.2) is 0 Å². The van der Waals surface area contributed by atoms with Crippen LogP contribution in [0.4, 0.5) is 11.4 Å². The minimum Gasteiger partial charge on any atom is -0.497 e. The number of hydrogen-bond donors (Lipinski definition) is 2. The molecular formula is C25H30ClN5O4. The molecule has 2 aromatic carbocycles. The lowest BCUT2D eigenvalue weighted by Crippen LogP contribution is -2.38. The van der Waals surface area contributed by atoms with Crippen LogP contribution < -0.4 is 20.1 Å². The van der Waals surface area contributed by atoms with E-state index in [1.807, 2.05) is 49.5 Å². The van der Waals surface area contributed by atoms with Gasteiger partial charge in [-0.3, -0.25) is 14.4 Å². The molecule has 0 saturated carbocycles. The molecule has 4 rings (SSSR count). The summed E-state index contributed by atoms with van der Waals surface area (Å²) < 4.78 is 18.5. The molecule has 10 heteroatoms. The molecule has 1 saturated heterocycles. The monoisotopic (exact) mass is 499 g/mol. The first-order chi connectivity index (χ1) is 17.0. The van der Waals surface area contributed by atoms with Gasteiger partial charge in [0.1, 0.15) is 18.1 Å². The fourth-order valence-corrected chi connectivity index (χ4v) is 4.13. The molecule has 1 aromatic heterocycles. The number of morpholine rings is 1. The number of halogens is 1. The van der Waals surface area contributed by atoms with Gasteiger partial charge in [0.25, 0.3) is 0 Å². The Morgan fingerprint density at radius 1 is 1.17 bits per heavy atom. The van der Waals surface area contributed by atoms with Crippen molar-refractivity contribution in [3.63, 3.8) is 0 Å². The molecule has 0 atom stereocenters. The molecule has 0 spiro atoms. The summed E-state index contributed by atoms with van der Waals surface area (Å²) in [7, 11) is 3.43. The highest BCUT2D eigenvalue weighted by Gasteiger charge is 2.17. The average Bonchev–Trinajstić information content (AvgIpc) is 3.21. The maximum atomic E-state index is 12.6. The Balaban J connectivity index is 1.44. The van der Waals surface area contributed by atoms with Gasteiger partial charge in [-0.1, -0.05) is 17.7 Å². The van der Waals surface area contributed by atoms with Crippen LogP contribution in [-0.2, 0) is 16.6 Å². The van der Waals surface area contributed by atoms with Crippen molar-refractivity contribution in [2.24, 2.45) is 7.05 Å². The number of aryl methyl sites for hydroxylation is 1. The molecule has 3 aromatic rings. The van der Waals surface area contributed by atoms with Crippen LogP contribution in [0.15, 0.2) is 48.7 Å². The van der Waals surface area contributed by atoms with E-state index >= 15 is 0 Å². The first-order valence-electron chi connectivity index (χ1n) is 11.5. The zero-order chi connectivity index (χ0) is 24.6. The van der Waals surface area contributed by atoms with Gasteiger partial charge in [0.15, 0.2) is 0 Å². The predicted octanol–water partition coefficient (Wildman–Crippen LogP) is 3.51. The van der Waals surface area contributed by atoms with Crippen molar-refractivity contribution in [1.82, 2.24) is 14.7 Å². The third-order valence-electron chi connectivity index (χ3n) is 5.70. The van der Waals surface area contributed by atoms with E-state index in [1.54, 1.807) is 18.0 Å². The fourth-order valence-electron chi connectivity index (χ4n) is 3.86. The van der Waals surface area contributed by atoms with Crippen LogP contribution >= 0.6 is 11.6 Å². The van der Waals surface area contributed by atoms with Gasteiger partial charge in [-0.05, 0) is 30.3 Å². The number of carbonyl (C=O) groups is 1. The molecule has 2 N–H and O–H groups in total. The third kappa shape index (κ3) is 6.66. The maximum Gasteiger partial charge on any atom is 0.243 e. The van der Waals surface area contributed by atoms with E-state index in [0.717, 1.165) is 55.5 Å². The van der Waals surface area contributed by atoms with E-state index in [1.165, 1.54) is 0 Å². The molecule has 1 amide bonds. The molecule has 1 fully saturated rings. The van der Waals surface area contributed by atoms with E-state index in [9.17, 15) is 4.79 Å². The maximum absolute atomic E-state index is 12.6. The van der Waals surface area contributed by atoms with Crippen molar-refractivity contribution in [2.45, 2.75) is 0 Å². The second-order valence-corrected chi connectivity index (χ2v) is 8.52. The molecule has 35 heavy (non-hydrogen) atoms. The third-order valence-corrected chi connectivity index (χ3v) is 5.98. The van der Waals surface area contributed by atoms with Gasteiger partial charge < -0.3 is 24.8 Å². The first kappa shape index (κ1) is 24.8. The Morgan fingerprint density at radius 2 is 2.00 bits per heavy atom. The van der Waals surface area contributed by atoms with Crippen molar-refractivity contribution in [1.29, 1.82) is 0 Å². The van der Waals surface area contributed by atoms with Crippen molar-refractivity contribution in [3.8, 4) is 22.8 Å².